The molecular formula is C20H18ClN3O2S. The molecule has 1 saturated carbocycles. The van der Waals surface area contributed by atoms with Crippen molar-refractivity contribution in [1.82, 2.24) is 15.0 Å². The number of ether oxygens (including phenoxy) is 1. The molecule has 1 aromatic carbocycles. The van der Waals surface area contributed by atoms with E-state index in [1.165, 1.54) is 17.3 Å². The number of carbonyl (C=O) groups excluding carboxylic acids is 1. The largest absolute Gasteiger partial charge is 0.466 e. The number of aromatic nitrogens is 3. The van der Waals surface area contributed by atoms with Gasteiger partial charge in [0.15, 0.2) is 0 Å². The van der Waals surface area contributed by atoms with E-state index >= 15 is 0 Å². The van der Waals surface area contributed by atoms with Crippen molar-refractivity contribution in [2.24, 2.45) is 5.92 Å². The van der Waals surface area contributed by atoms with Crippen LogP contribution in [0.15, 0.2) is 59.0 Å². The van der Waals surface area contributed by atoms with Gasteiger partial charge in [0.2, 0.25) is 0 Å². The summed E-state index contributed by atoms with van der Waals surface area (Å²) in [7, 11) is 0. The van der Waals surface area contributed by atoms with E-state index in [2.05, 4.69) is 39.2 Å². The van der Waals surface area contributed by atoms with Gasteiger partial charge in [0.05, 0.1) is 29.6 Å². The minimum absolute atomic E-state index is 0.00468. The van der Waals surface area contributed by atoms with E-state index in [-0.39, 0.29) is 17.8 Å². The molecule has 2 aromatic heterocycles. The van der Waals surface area contributed by atoms with Crippen LogP contribution in [-0.4, -0.2) is 27.5 Å². The number of nitrogens with one attached hydrogen (secondary N) is 1. The molecule has 3 aromatic rings. The second-order valence-corrected chi connectivity index (χ2v) is 7.77. The summed E-state index contributed by atoms with van der Waals surface area (Å²) >= 11 is 7.37. The third-order valence-corrected chi connectivity index (χ3v) is 5.69. The minimum Gasteiger partial charge on any atom is -0.466 e. The molecule has 0 radical (unpaired) electrons. The number of hydrogen-bond acceptors (Lipinski definition) is 5. The monoisotopic (exact) mass is 399 g/mol. The SMILES string of the molecule is CCOC(=O)[C@H]1C[C@H]1c1ccc(-c2[nH]cnc2Sc2ccc(Cl)cn2)cc1. The highest BCUT2D eigenvalue weighted by atomic mass is 35.5. The topological polar surface area (TPSA) is 67.9 Å². The first kappa shape index (κ1) is 18.1. The molecule has 27 heavy (non-hydrogen) atoms. The van der Waals surface area contributed by atoms with E-state index < -0.39 is 0 Å². The molecule has 1 aliphatic rings. The molecule has 0 unspecified atom stereocenters. The van der Waals surface area contributed by atoms with Crippen LogP contribution in [-0.2, 0) is 9.53 Å². The zero-order valence-electron chi connectivity index (χ0n) is 14.7. The summed E-state index contributed by atoms with van der Waals surface area (Å²) in [6.07, 6.45) is 4.17. The Labute approximate surface area is 166 Å². The van der Waals surface area contributed by atoms with Gasteiger partial charge in [-0.05, 0) is 48.7 Å². The van der Waals surface area contributed by atoms with Gasteiger partial charge in [-0.3, -0.25) is 4.79 Å². The van der Waals surface area contributed by atoms with E-state index in [9.17, 15) is 4.79 Å². The van der Waals surface area contributed by atoms with E-state index in [1.807, 2.05) is 19.1 Å². The fourth-order valence-electron chi connectivity index (χ4n) is 3.06. The number of carbonyl (C=O) groups is 1. The maximum atomic E-state index is 11.8. The van der Waals surface area contributed by atoms with Gasteiger partial charge in [-0.1, -0.05) is 35.9 Å². The van der Waals surface area contributed by atoms with Crippen molar-refractivity contribution in [2.75, 3.05) is 6.61 Å². The number of halogens is 1. The predicted molar refractivity (Wildman–Crippen MR) is 105 cm³/mol. The van der Waals surface area contributed by atoms with Crippen LogP contribution < -0.4 is 0 Å². The number of aromatic amines is 1. The highest BCUT2D eigenvalue weighted by Gasteiger charge is 2.45. The first-order chi connectivity index (χ1) is 13.2. The number of benzene rings is 1. The van der Waals surface area contributed by atoms with Crippen LogP contribution >= 0.6 is 23.4 Å². The van der Waals surface area contributed by atoms with Crippen molar-refractivity contribution >= 4 is 29.3 Å². The van der Waals surface area contributed by atoms with Gasteiger partial charge in [-0.15, -0.1) is 0 Å². The van der Waals surface area contributed by atoms with Crippen LogP contribution in [0.3, 0.4) is 0 Å². The minimum atomic E-state index is -0.0886. The van der Waals surface area contributed by atoms with Gasteiger partial charge in [-0.2, -0.15) is 0 Å². The van der Waals surface area contributed by atoms with Crippen LogP contribution in [0.4, 0.5) is 0 Å². The average Bonchev–Trinajstić information content (AvgIpc) is 3.36. The first-order valence-electron chi connectivity index (χ1n) is 8.75. The van der Waals surface area contributed by atoms with Crippen molar-refractivity contribution in [3.8, 4) is 11.3 Å². The van der Waals surface area contributed by atoms with Gasteiger partial charge in [0.25, 0.3) is 0 Å². The highest BCUT2D eigenvalue weighted by molar-refractivity contribution is 7.99. The average molecular weight is 400 g/mol. The predicted octanol–water partition coefficient (Wildman–Crippen LogP) is 4.94. The van der Waals surface area contributed by atoms with E-state index in [4.69, 9.17) is 16.3 Å². The quantitative estimate of drug-likeness (QED) is 0.594. The molecule has 0 aliphatic heterocycles. The zero-order chi connectivity index (χ0) is 18.8. The van der Waals surface area contributed by atoms with Crippen LogP contribution in [0.25, 0.3) is 11.3 Å². The van der Waals surface area contributed by atoms with Crippen LogP contribution in [0.1, 0.15) is 24.8 Å². The smallest absolute Gasteiger partial charge is 0.309 e. The van der Waals surface area contributed by atoms with Gasteiger partial charge >= 0.3 is 5.97 Å². The first-order valence-corrected chi connectivity index (χ1v) is 9.95. The lowest BCUT2D eigenvalue weighted by Gasteiger charge is -2.05. The maximum Gasteiger partial charge on any atom is 0.309 e. The molecule has 1 aliphatic carbocycles. The van der Waals surface area contributed by atoms with E-state index in [0.29, 0.717) is 11.6 Å². The Balaban J connectivity index is 1.48. The van der Waals surface area contributed by atoms with Crippen molar-refractivity contribution in [3.05, 3.63) is 59.5 Å². The van der Waals surface area contributed by atoms with E-state index in [0.717, 1.165) is 27.7 Å². The summed E-state index contributed by atoms with van der Waals surface area (Å²) in [6.45, 7) is 2.27. The maximum absolute atomic E-state index is 11.8. The number of H-pyrrole nitrogens is 1. The summed E-state index contributed by atoms with van der Waals surface area (Å²) < 4.78 is 5.11. The normalized spacial score (nSPS) is 18.3. The summed E-state index contributed by atoms with van der Waals surface area (Å²) in [4.78, 5) is 23.7. The van der Waals surface area contributed by atoms with Gasteiger partial charge in [0.1, 0.15) is 10.1 Å². The van der Waals surface area contributed by atoms with Crippen molar-refractivity contribution in [1.29, 1.82) is 0 Å². The Kier molecular flexibility index (Phi) is 5.18. The van der Waals surface area contributed by atoms with Gasteiger partial charge in [0, 0.05) is 11.8 Å². The summed E-state index contributed by atoms with van der Waals surface area (Å²) in [5.74, 6) is 0.186. The standard InChI is InChI=1S/C20H18ClN3O2S/c1-2-26-20(25)16-9-15(16)12-3-5-13(6-4-12)18-19(24-11-23-18)27-17-8-7-14(21)10-22-17/h3-8,10-11,15-16H,2,9H2,1H3,(H,23,24)/t15-,16-/m0/s1. The third-order valence-electron chi connectivity index (χ3n) is 4.51. The molecule has 1 N–H and O–H groups in total. The molecule has 4 rings (SSSR count). The number of hydrogen-bond donors (Lipinski definition) is 1. The van der Waals surface area contributed by atoms with Gasteiger partial charge in [-0.25, -0.2) is 9.97 Å². The molecule has 0 saturated heterocycles. The Morgan fingerprint density at radius 2 is 2.07 bits per heavy atom. The Morgan fingerprint density at radius 1 is 1.26 bits per heavy atom. The van der Waals surface area contributed by atoms with Crippen molar-refractivity contribution < 1.29 is 9.53 Å². The molecule has 7 heteroatoms. The lowest BCUT2D eigenvalue weighted by molar-refractivity contribution is -0.144. The molecular weight excluding hydrogens is 382 g/mol. The summed E-state index contributed by atoms with van der Waals surface area (Å²) in [5, 5.41) is 2.30. The van der Waals surface area contributed by atoms with Crippen LogP contribution in [0, 0.1) is 5.92 Å². The lowest BCUT2D eigenvalue weighted by Crippen LogP contribution is -2.07. The third kappa shape index (κ3) is 4.01. The van der Waals surface area contributed by atoms with Crippen molar-refractivity contribution in [2.45, 2.75) is 29.3 Å². The number of imidazole rings is 1. The number of rotatable bonds is 6. The lowest BCUT2D eigenvalue weighted by atomic mass is 10.1. The fourth-order valence-corrected chi connectivity index (χ4v) is 3.99. The Morgan fingerprint density at radius 3 is 2.78 bits per heavy atom. The van der Waals surface area contributed by atoms with Gasteiger partial charge < -0.3 is 9.72 Å². The number of nitrogens with zero attached hydrogens (tertiary/aromatic N) is 2. The Hall–Kier alpha value is -2.31. The molecule has 0 amide bonds. The van der Waals surface area contributed by atoms with Crippen molar-refractivity contribution in [3.63, 3.8) is 0 Å². The second-order valence-electron chi connectivity index (χ2n) is 6.32. The molecule has 1 fully saturated rings. The zero-order valence-corrected chi connectivity index (χ0v) is 16.3. The highest BCUT2D eigenvalue weighted by Crippen LogP contribution is 2.48. The summed E-state index contributed by atoms with van der Waals surface area (Å²) in [5.41, 5.74) is 3.16. The van der Waals surface area contributed by atoms with E-state index in [1.54, 1.807) is 12.5 Å². The fraction of sp³-hybridized carbons (Fsp3) is 0.250. The second kappa shape index (κ2) is 7.74. The van der Waals surface area contributed by atoms with Crippen LogP contribution in [0.5, 0.6) is 0 Å². The number of pyridine rings is 1. The molecule has 2 heterocycles. The molecule has 0 spiro atoms. The molecule has 138 valence electrons. The Bertz CT molecular complexity index is 941. The summed E-state index contributed by atoms with van der Waals surface area (Å²) in [6, 6.07) is 12.0. The molecule has 5 nitrogen and oxygen atoms in total. The molecule has 2 atom stereocenters. The van der Waals surface area contributed by atoms with Crippen LogP contribution in [0.2, 0.25) is 5.02 Å². The number of esters is 1. The molecule has 0 bridgehead atoms.